The van der Waals surface area contributed by atoms with Crippen molar-refractivity contribution in [2.75, 3.05) is 13.7 Å². The molecule has 0 aliphatic rings. The van der Waals surface area contributed by atoms with Gasteiger partial charge in [-0.2, -0.15) is 0 Å². The largest absolute Gasteiger partial charge is 0.497 e. The molecule has 0 aliphatic carbocycles. The average Bonchev–Trinajstić information content (AvgIpc) is 2.76. The summed E-state index contributed by atoms with van der Waals surface area (Å²) >= 11 is 0. The fourth-order valence-corrected chi connectivity index (χ4v) is 2.89. The van der Waals surface area contributed by atoms with Gasteiger partial charge in [0.1, 0.15) is 5.75 Å². The number of aliphatic hydroxyl groups excluding tert-OH is 1. The van der Waals surface area contributed by atoms with Gasteiger partial charge in [-0.25, -0.2) is 9.68 Å². The predicted molar refractivity (Wildman–Crippen MR) is 113 cm³/mol. The minimum atomic E-state index is -0.809. The van der Waals surface area contributed by atoms with Crippen LogP contribution in [0.2, 0.25) is 0 Å². The van der Waals surface area contributed by atoms with E-state index in [4.69, 9.17) is 19.6 Å². The van der Waals surface area contributed by atoms with Crippen LogP contribution >= 0.6 is 0 Å². The molecule has 1 N–H and O–H groups in total. The monoisotopic (exact) mass is 398 g/mol. The summed E-state index contributed by atoms with van der Waals surface area (Å²) in [6.07, 6.45) is 6.54. The van der Waals surface area contributed by atoms with E-state index in [1.165, 1.54) is 30.4 Å². The number of ether oxygens (including phenoxy) is 1. The Labute approximate surface area is 172 Å². The van der Waals surface area contributed by atoms with Crippen molar-refractivity contribution in [1.29, 1.82) is 0 Å². The Hall–Kier alpha value is -2.79. The van der Waals surface area contributed by atoms with Crippen molar-refractivity contribution < 1.29 is 24.4 Å². The fourth-order valence-electron chi connectivity index (χ4n) is 2.89. The second-order valence-electron chi connectivity index (χ2n) is 7.01. The van der Waals surface area contributed by atoms with Gasteiger partial charge < -0.3 is 9.84 Å². The van der Waals surface area contributed by atoms with E-state index in [-0.39, 0.29) is 5.57 Å². The molecule has 0 aromatic heterocycles. The lowest BCUT2D eigenvalue weighted by molar-refractivity contribution is -0.209. The van der Waals surface area contributed by atoms with Crippen LogP contribution in [0.4, 0.5) is 0 Å². The molecule has 0 saturated heterocycles. The molecule has 0 saturated carbocycles. The van der Waals surface area contributed by atoms with Crippen molar-refractivity contribution in [2.45, 2.75) is 45.4 Å². The van der Waals surface area contributed by atoms with Crippen molar-refractivity contribution in [1.82, 2.24) is 0 Å². The molecule has 0 atom stereocenters. The molecular formula is C24H30O5. The highest BCUT2D eigenvalue weighted by atomic mass is 17.2. The lowest BCUT2D eigenvalue weighted by Crippen LogP contribution is -2.12. The van der Waals surface area contributed by atoms with Crippen molar-refractivity contribution >= 4 is 5.97 Å². The molecule has 0 bridgehead atoms. The van der Waals surface area contributed by atoms with Gasteiger partial charge in [0.25, 0.3) is 0 Å². The summed E-state index contributed by atoms with van der Waals surface area (Å²) in [7, 11) is 1.57. The molecule has 0 radical (unpaired) electrons. The topological polar surface area (TPSA) is 65.0 Å². The summed E-state index contributed by atoms with van der Waals surface area (Å²) < 4.78 is 5.31. The maximum absolute atomic E-state index is 11.6. The number of carbonyl (C=O) groups excluding carboxylic acids is 1. The van der Waals surface area contributed by atoms with E-state index in [9.17, 15) is 4.79 Å². The zero-order valence-corrected chi connectivity index (χ0v) is 17.3. The van der Waals surface area contributed by atoms with Gasteiger partial charge in [0.2, 0.25) is 0 Å². The Morgan fingerprint density at radius 1 is 0.931 bits per heavy atom. The fraction of sp³-hybridized carbons (Fsp3) is 0.375. The maximum Gasteiger partial charge on any atom is 0.383 e. The summed E-state index contributed by atoms with van der Waals surface area (Å²) in [5, 5.41) is 8.90. The van der Waals surface area contributed by atoms with Crippen LogP contribution in [0.15, 0.2) is 54.6 Å². The van der Waals surface area contributed by atoms with Crippen LogP contribution in [-0.2, 0) is 28.9 Å². The normalized spacial score (nSPS) is 10.4. The predicted octanol–water partition coefficient (Wildman–Crippen LogP) is 4.60. The quantitative estimate of drug-likeness (QED) is 0.245. The molecule has 0 aliphatic heterocycles. The molecule has 2 rings (SSSR count). The van der Waals surface area contributed by atoms with E-state index < -0.39 is 12.6 Å². The molecule has 29 heavy (non-hydrogen) atoms. The maximum atomic E-state index is 11.6. The van der Waals surface area contributed by atoms with E-state index in [1.807, 2.05) is 6.07 Å². The molecule has 156 valence electrons. The van der Waals surface area contributed by atoms with Crippen molar-refractivity contribution in [3.63, 3.8) is 0 Å². The molecule has 2 aromatic carbocycles. The number of rotatable bonds is 12. The second kappa shape index (κ2) is 11.9. The van der Waals surface area contributed by atoms with Crippen LogP contribution in [0.5, 0.6) is 11.5 Å². The number of benzene rings is 2. The molecule has 2 aromatic rings. The molecule has 5 heteroatoms. The number of unbranched alkanes of at least 4 members (excludes halogenated alkanes) is 2. The van der Waals surface area contributed by atoms with Gasteiger partial charge in [0.05, 0.1) is 19.3 Å². The summed E-state index contributed by atoms with van der Waals surface area (Å²) in [4.78, 5) is 21.4. The summed E-state index contributed by atoms with van der Waals surface area (Å²) in [5.74, 6) is 0.154. The van der Waals surface area contributed by atoms with Gasteiger partial charge in [-0.05, 0) is 54.5 Å². The van der Waals surface area contributed by atoms with Gasteiger partial charge in [0, 0.05) is 6.07 Å². The lowest BCUT2D eigenvalue weighted by atomic mass is 10.0. The van der Waals surface area contributed by atoms with Crippen LogP contribution in [0.3, 0.4) is 0 Å². The Balaban J connectivity index is 1.95. The number of carbonyl (C=O) groups is 1. The number of hydrogen-bond donors (Lipinski definition) is 1. The van der Waals surface area contributed by atoms with Gasteiger partial charge in [-0.1, -0.05) is 50.6 Å². The highest BCUT2D eigenvalue weighted by Gasteiger charge is 2.11. The van der Waals surface area contributed by atoms with Crippen LogP contribution in [-0.4, -0.2) is 24.8 Å². The third-order valence-electron chi connectivity index (χ3n) is 4.66. The van der Waals surface area contributed by atoms with Crippen molar-refractivity contribution in [3.8, 4) is 11.5 Å². The Morgan fingerprint density at radius 2 is 1.55 bits per heavy atom. The first kappa shape index (κ1) is 22.5. The number of aryl methyl sites for hydroxylation is 3. The number of methoxy groups -OCH3 is 1. The van der Waals surface area contributed by atoms with Gasteiger partial charge in [0.15, 0.2) is 5.75 Å². The third kappa shape index (κ3) is 7.62. The first-order chi connectivity index (χ1) is 14.0. The van der Waals surface area contributed by atoms with E-state index in [2.05, 4.69) is 37.8 Å². The smallest absolute Gasteiger partial charge is 0.383 e. The van der Waals surface area contributed by atoms with Gasteiger partial charge in [-0.15, -0.1) is 0 Å². The van der Waals surface area contributed by atoms with E-state index in [0.29, 0.717) is 11.5 Å². The van der Waals surface area contributed by atoms with E-state index in [0.717, 1.165) is 24.8 Å². The van der Waals surface area contributed by atoms with Crippen LogP contribution < -0.4 is 9.62 Å². The molecule has 0 heterocycles. The van der Waals surface area contributed by atoms with Gasteiger partial charge >= 0.3 is 5.97 Å². The van der Waals surface area contributed by atoms with Crippen LogP contribution in [0, 0.1) is 0 Å². The lowest BCUT2D eigenvalue weighted by Gasteiger charge is -2.10. The molecule has 0 fully saturated rings. The SMILES string of the molecule is C=C(CO)C(=O)OOc1cc(CCc2ccc(CCCCC)cc2)cc(OC)c1. The highest BCUT2D eigenvalue weighted by molar-refractivity contribution is 5.87. The minimum absolute atomic E-state index is 0.0775. The first-order valence-electron chi connectivity index (χ1n) is 9.99. The molecule has 0 amide bonds. The summed E-state index contributed by atoms with van der Waals surface area (Å²) in [6.45, 7) is 5.13. The average molecular weight is 398 g/mol. The van der Waals surface area contributed by atoms with Crippen molar-refractivity contribution in [3.05, 3.63) is 71.3 Å². The Kier molecular flexibility index (Phi) is 9.25. The first-order valence-corrected chi connectivity index (χ1v) is 9.99. The Bertz CT molecular complexity index is 795. The number of hydrogen-bond acceptors (Lipinski definition) is 5. The van der Waals surface area contributed by atoms with Crippen LogP contribution in [0.25, 0.3) is 0 Å². The third-order valence-corrected chi connectivity index (χ3v) is 4.66. The van der Waals surface area contributed by atoms with Gasteiger partial charge in [-0.3, -0.25) is 4.89 Å². The van der Waals surface area contributed by atoms with Crippen molar-refractivity contribution in [2.24, 2.45) is 0 Å². The summed E-state index contributed by atoms with van der Waals surface area (Å²) in [5.41, 5.74) is 3.57. The second-order valence-corrected chi connectivity index (χ2v) is 7.01. The molecule has 5 nitrogen and oxygen atoms in total. The zero-order chi connectivity index (χ0) is 21.1. The standard InChI is InChI=1S/C24H30O5/c1-4-5-6-7-19-8-10-20(11-9-19)12-13-21-14-22(27-3)16-23(15-21)28-29-24(26)18(2)17-25/h8-11,14-16,25H,2,4-7,12-13,17H2,1,3H3. The minimum Gasteiger partial charge on any atom is -0.497 e. The molecule has 0 spiro atoms. The van der Waals surface area contributed by atoms with E-state index >= 15 is 0 Å². The van der Waals surface area contributed by atoms with E-state index in [1.54, 1.807) is 19.2 Å². The number of aliphatic hydroxyl groups is 1. The molecular weight excluding hydrogens is 368 g/mol. The zero-order valence-electron chi connectivity index (χ0n) is 17.3. The summed E-state index contributed by atoms with van der Waals surface area (Å²) in [6, 6.07) is 14.1. The van der Waals surface area contributed by atoms with Crippen LogP contribution in [0.1, 0.15) is 42.9 Å². The highest BCUT2D eigenvalue weighted by Crippen LogP contribution is 2.24. The Morgan fingerprint density at radius 3 is 2.17 bits per heavy atom. The molecule has 0 unspecified atom stereocenters.